The molecule has 2 fully saturated rings. The van der Waals surface area contributed by atoms with Crippen LogP contribution in [0.1, 0.15) is 12.0 Å². The van der Waals surface area contributed by atoms with Crippen LogP contribution in [0.2, 0.25) is 5.02 Å². The second kappa shape index (κ2) is 4.19. The van der Waals surface area contributed by atoms with Gasteiger partial charge in [-0.1, -0.05) is 35.9 Å². The van der Waals surface area contributed by atoms with Crippen LogP contribution in [0.15, 0.2) is 36.4 Å². The van der Waals surface area contributed by atoms with Crippen LogP contribution in [0.3, 0.4) is 0 Å². The number of nitrogens with zero attached hydrogens (tertiary/aromatic N) is 1. The van der Waals surface area contributed by atoms with Crippen LogP contribution in [0, 0.1) is 23.7 Å². The minimum Gasteiger partial charge on any atom is -0.278 e. The van der Waals surface area contributed by atoms with E-state index in [9.17, 15) is 9.59 Å². The van der Waals surface area contributed by atoms with Crippen LogP contribution < -0.4 is 0 Å². The normalized spacial score (nSPS) is 34.1. The summed E-state index contributed by atoms with van der Waals surface area (Å²) in [6.45, 7) is 0.362. The molecule has 1 aromatic rings. The van der Waals surface area contributed by atoms with Gasteiger partial charge in [0.15, 0.2) is 0 Å². The van der Waals surface area contributed by atoms with Gasteiger partial charge in [0.2, 0.25) is 11.8 Å². The first-order chi connectivity index (χ1) is 9.65. The van der Waals surface area contributed by atoms with E-state index >= 15 is 0 Å². The van der Waals surface area contributed by atoms with E-state index in [2.05, 4.69) is 12.2 Å². The van der Waals surface area contributed by atoms with Gasteiger partial charge in [-0.3, -0.25) is 14.5 Å². The highest BCUT2D eigenvalue weighted by Gasteiger charge is 2.59. The predicted molar refractivity (Wildman–Crippen MR) is 74.7 cm³/mol. The van der Waals surface area contributed by atoms with E-state index in [-0.39, 0.29) is 35.5 Å². The average molecular weight is 288 g/mol. The van der Waals surface area contributed by atoms with Crippen LogP contribution in [-0.2, 0) is 16.1 Å². The second-order valence-electron chi connectivity index (χ2n) is 5.89. The van der Waals surface area contributed by atoms with Crippen molar-refractivity contribution >= 4 is 23.4 Å². The highest BCUT2D eigenvalue weighted by Crippen LogP contribution is 2.52. The molecule has 102 valence electrons. The maximum absolute atomic E-state index is 12.5. The van der Waals surface area contributed by atoms with Crippen molar-refractivity contribution in [3.05, 3.63) is 47.0 Å². The van der Waals surface area contributed by atoms with Gasteiger partial charge in [0, 0.05) is 5.02 Å². The van der Waals surface area contributed by atoms with E-state index in [4.69, 9.17) is 11.6 Å². The molecule has 4 atom stereocenters. The summed E-state index contributed by atoms with van der Waals surface area (Å²) in [5.74, 6) is 0.349. The first kappa shape index (κ1) is 12.2. The maximum atomic E-state index is 12.5. The van der Waals surface area contributed by atoms with Gasteiger partial charge in [-0.2, -0.15) is 0 Å². The summed E-state index contributed by atoms with van der Waals surface area (Å²) in [7, 11) is 0. The molecule has 2 amide bonds. The van der Waals surface area contributed by atoms with Crippen molar-refractivity contribution in [2.45, 2.75) is 13.0 Å². The van der Waals surface area contributed by atoms with E-state index in [1.165, 1.54) is 4.90 Å². The Bertz CT molecular complexity index is 592. The van der Waals surface area contributed by atoms with Crippen LogP contribution in [0.5, 0.6) is 0 Å². The number of rotatable bonds is 2. The lowest BCUT2D eigenvalue weighted by Gasteiger charge is -2.17. The Morgan fingerprint density at radius 1 is 1.00 bits per heavy atom. The van der Waals surface area contributed by atoms with Gasteiger partial charge in [-0.25, -0.2) is 0 Å². The molecule has 2 aliphatic carbocycles. The number of amides is 2. The molecular weight excluding hydrogens is 274 g/mol. The van der Waals surface area contributed by atoms with Crippen molar-refractivity contribution in [3.63, 3.8) is 0 Å². The number of hydrogen-bond acceptors (Lipinski definition) is 2. The first-order valence-corrected chi connectivity index (χ1v) is 7.31. The molecule has 1 aromatic carbocycles. The molecule has 0 radical (unpaired) electrons. The molecule has 2 bridgehead atoms. The zero-order valence-corrected chi connectivity index (χ0v) is 11.6. The number of hydrogen-bond donors (Lipinski definition) is 0. The van der Waals surface area contributed by atoms with E-state index in [1.807, 2.05) is 12.1 Å². The molecule has 3 aliphatic rings. The molecule has 0 aromatic heterocycles. The number of carbonyl (C=O) groups is 2. The quantitative estimate of drug-likeness (QED) is 0.619. The lowest BCUT2D eigenvalue weighted by molar-refractivity contribution is -0.141. The molecule has 0 N–H and O–H groups in total. The van der Waals surface area contributed by atoms with Crippen molar-refractivity contribution in [2.24, 2.45) is 23.7 Å². The van der Waals surface area contributed by atoms with Crippen molar-refractivity contribution < 1.29 is 9.59 Å². The SMILES string of the molecule is O=C1[C@@H]2[C@H](C(=O)N1Cc1ccc(Cl)cc1)[C@H]1C=C[C@H]2C1. The topological polar surface area (TPSA) is 37.4 Å². The standard InChI is InChI=1S/C16H14ClNO2/c17-12-5-1-9(2-6-12)8-18-15(19)13-10-3-4-11(7-10)14(13)16(18)20/h1-6,10-11,13-14H,7-8H2/t10-,11-,13-,14+/m0/s1. The summed E-state index contributed by atoms with van der Waals surface area (Å²) in [5, 5.41) is 0.659. The fourth-order valence-electron chi connectivity index (χ4n) is 3.89. The number of imide groups is 1. The smallest absolute Gasteiger partial charge is 0.234 e. The monoisotopic (exact) mass is 287 g/mol. The number of halogens is 1. The summed E-state index contributed by atoms with van der Waals surface area (Å²) >= 11 is 5.85. The molecule has 20 heavy (non-hydrogen) atoms. The summed E-state index contributed by atoms with van der Waals surface area (Å²) in [6, 6.07) is 7.30. The summed E-state index contributed by atoms with van der Waals surface area (Å²) in [6.07, 6.45) is 5.20. The van der Waals surface area contributed by atoms with Crippen LogP contribution in [0.25, 0.3) is 0 Å². The highest BCUT2D eigenvalue weighted by atomic mass is 35.5. The number of carbonyl (C=O) groups excluding carboxylic acids is 2. The molecule has 1 saturated carbocycles. The van der Waals surface area contributed by atoms with Gasteiger partial charge in [0.1, 0.15) is 0 Å². The third kappa shape index (κ3) is 1.59. The molecule has 1 saturated heterocycles. The Balaban J connectivity index is 1.60. The predicted octanol–water partition coefficient (Wildman–Crippen LogP) is 2.65. The number of likely N-dealkylation sites (tertiary alicyclic amines) is 1. The molecule has 4 rings (SSSR count). The Labute approximate surface area is 122 Å². The Kier molecular flexibility index (Phi) is 2.55. The third-order valence-electron chi connectivity index (χ3n) is 4.82. The Morgan fingerprint density at radius 2 is 1.55 bits per heavy atom. The molecule has 0 unspecified atom stereocenters. The van der Waals surface area contributed by atoms with Crippen LogP contribution >= 0.6 is 11.6 Å². The van der Waals surface area contributed by atoms with Crippen molar-refractivity contribution in [3.8, 4) is 0 Å². The lowest BCUT2D eigenvalue weighted by atomic mass is 9.85. The van der Waals surface area contributed by atoms with E-state index in [0.717, 1.165) is 12.0 Å². The summed E-state index contributed by atoms with van der Waals surface area (Å²) in [5.41, 5.74) is 0.941. The van der Waals surface area contributed by atoms with Crippen LogP contribution in [-0.4, -0.2) is 16.7 Å². The Hall–Kier alpha value is -1.61. The summed E-state index contributed by atoms with van der Waals surface area (Å²) in [4.78, 5) is 26.4. The van der Waals surface area contributed by atoms with E-state index in [1.54, 1.807) is 12.1 Å². The first-order valence-electron chi connectivity index (χ1n) is 6.93. The van der Waals surface area contributed by atoms with Crippen molar-refractivity contribution in [1.29, 1.82) is 0 Å². The van der Waals surface area contributed by atoms with Crippen molar-refractivity contribution in [2.75, 3.05) is 0 Å². The van der Waals surface area contributed by atoms with E-state index in [0.29, 0.717) is 11.6 Å². The maximum Gasteiger partial charge on any atom is 0.234 e. The van der Waals surface area contributed by atoms with Gasteiger partial charge in [0.25, 0.3) is 0 Å². The fraction of sp³-hybridized carbons (Fsp3) is 0.375. The Morgan fingerprint density at radius 3 is 2.10 bits per heavy atom. The molecule has 0 spiro atoms. The van der Waals surface area contributed by atoms with Gasteiger partial charge in [0.05, 0.1) is 18.4 Å². The molecule has 3 nitrogen and oxygen atoms in total. The molecule has 4 heteroatoms. The minimum absolute atomic E-state index is 0.00630. The third-order valence-corrected chi connectivity index (χ3v) is 5.07. The molecular formula is C16H14ClNO2. The van der Waals surface area contributed by atoms with Gasteiger partial charge in [-0.15, -0.1) is 0 Å². The molecule has 1 aliphatic heterocycles. The lowest BCUT2D eigenvalue weighted by Crippen LogP contribution is -2.32. The fourth-order valence-corrected chi connectivity index (χ4v) is 4.02. The largest absolute Gasteiger partial charge is 0.278 e. The van der Waals surface area contributed by atoms with Gasteiger partial charge >= 0.3 is 0 Å². The number of fused-ring (bicyclic) bond motifs is 5. The van der Waals surface area contributed by atoms with Gasteiger partial charge in [-0.05, 0) is 36.0 Å². The number of allylic oxidation sites excluding steroid dienone is 2. The molecule has 1 heterocycles. The van der Waals surface area contributed by atoms with E-state index < -0.39 is 0 Å². The van der Waals surface area contributed by atoms with Gasteiger partial charge < -0.3 is 0 Å². The average Bonchev–Trinajstić information content (AvgIpc) is 3.11. The zero-order chi connectivity index (χ0) is 13.9. The second-order valence-corrected chi connectivity index (χ2v) is 6.33. The summed E-state index contributed by atoms with van der Waals surface area (Å²) < 4.78 is 0. The van der Waals surface area contributed by atoms with Crippen molar-refractivity contribution in [1.82, 2.24) is 4.90 Å². The highest BCUT2D eigenvalue weighted by molar-refractivity contribution is 6.30. The van der Waals surface area contributed by atoms with Crippen LogP contribution in [0.4, 0.5) is 0 Å². The zero-order valence-electron chi connectivity index (χ0n) is 10.8. The number of benzene rings is 1. The minimum atomic E-state index is -0.107.